The molecule has 0 aliphatic carbocycles. The smallest absolute Gasteiger partial charge is 0.229 e. The van der Waals surface area contributed by atoms with Gasteiger partial charge in [-0.1, -0.05) is 26.8 Å². The van der Waals surface area contributed by atoms with Gasteiger partial charge in [0.2, 0.25) is 18.9 Å². The Morgan fingerprint density at radius 3 is 2.32 bits per heavy atom. The van der Waals surface area contributed by atoms with E-state index in [9.17, 15) is 8.42 Å². The van der Waals surface area contributed by atoms with Gasteiger partial charge < -0.3 is 13.9 Å². The zero-order chi connectivity index (χ0) is 23.0. The van der Waals surface area contributed by atoms with Crippen molar-refractivity contribution in [2.75, 3.05) is 0 Å². The van der Waals surface area contributed by atoms with Gasteiger partial charge in [0.15, 0.2) is 0 Å². The first-order valence-corrected chi connectivity index (χ1v) is 15.0. The lowest BCUT2D eigenvalue weighted by atomic mass is 9.84. The van der Waals surface area contributed by atoms with Gasteiger partial charge in [-0.3, -0.25) is 0 Å². The number of fused-ring (bicyclic) bond motifs is 3. The van der Waals surface area contributed by atoms with Crippen LogP contribution in [0.1, 0.15) is 58.8 Å². The molecule has 0 unspecified atom stereocenters. The molecule has 2 aromatic rings. The lowest BCUT2D eigenvalue weighted by Crippen LogP contribution is -2.45. The van der Waals surface area contributed by atoms with Gasteiger partial charge in [0, 0.05) is 5.56 Å². The summed E-state index contributed by atoms with van der Waals surface area (Å²) in [4.78, 5) is 0.435. The van der Waals surface area contributed by atoms with Crippen molar-refractivity contribution in [3.8, 4) is 11.5 Å². The van der Waals surface area contributed by atoms with E-state index >= 15 is 0 Å². The lowest BCUT2D eigenvalue weighted by Gasteiger charge is -2.35. The summed E-state index contributed by atoms with van der Waals surface area (Å²) in [5, 5.41) is 0. The number of rotatable bonds is 4. The van der Waals surface area contributed by atoms with Crippen LogP contribution in [0.2, 0.25) is 13.1 Å². The Bertz CT molecular complexity index is 1150. The summed E-state index contributed by atoms with van der Waals surface area (Å²) in [6, 6.07) is 10.5. The van der Waals surface area contributed by atoms with Crippen molar-refractivity contribution in [3.63, 3.8) is 0 Å². The fraction of sp³-hybridized carbons (Fsp3) is 0.500. The van der Waals surface area contributed by atoms with Crippen LogP contribution < -0.4 is 9.16 Å². The fourth-order valence-corrected chi connectivity index (χ4v) is 6.26. The van der Waals surface area contributed by atoms with E-state index in [1.165, 1.54) is 0 Å². The zero-order valence-electron chi connectivity index (χ0n) is 19.6. The molecule has 0 bridgehead atoms. The predicted octanol–water partition coefficient (Wildman–Crippen LogP) is 5.18. The number of hydrogen-bond acceptors (Lipinski definition) is 5. The van der Waals surface area contributed by atoms with Crippen molar-refractivity contribution in [1.82, 2.24) is 0 Å². The SMILES string of the molecule is C[SiH](C)Oc1cc(C(C)(C)C)ccc1S(=O)(=O)c1ccc2c(c1)[C@@H]1O[C@]1(C)C(C)(C)O2. The highest BCUT2D eigenvalue weighted by Gasteiger charge is 2.67. The minimum Gasteiger partial charge on any atom is -0.546 e. The molecule has 2 atom stereocenters. The molecule has 31 heavy (non-hydrogen) atoms. The minimum absolute atomic E-state index is 0.108. The molecule has 0 radical (unpaired) electrons. The van der Waals surface area contributed by atoms with Crippen LogP contribution in [-0.4, -0.2) is 28.7 Å². The monoisotopic (exact) mass is 460 g/mol. The molecule has 2 aromatic carbocycles. The van der Waals surface area contributed by atoms with Crippen LogP contribution in [0.15, 0.2) is 46.2 Å². The summed E-state index contributed by atoms with van der Waals surface area (Å²) in [7, 11) is -5.30. The number of hydrogen-bond donors (Lipinski definition) is 0. The first-order chi connectivity index (χ1) is 14.2. The number of epoxide rings is 1. The maximum absolute atomic E-state index is 13.7. The Morgan fingerprint density at radius 1 is 1.03 bits per heavy atom. The molecule has 0 spiro atoms. The second-order valence-electron chi connectivity index (χ2n) is 10.5. The molecular formula is C24H32O5SSi. The minimum atomic E-state index is -3.78. The fourth-order valence-electron chi connectivity index (χ4n) is 4.07. The molecule has 0 amide bonds. The van der Waals surface area contributed by atoms with Crippen molar-refractivity contribution >= 4 is 18.9 Å². The van der Waals surface area contributed by atoms with E-state index < -0.39 is 30.1 Å². The largest absolute Gasteiger partial charge is 0.546 e. The van der Waals surface area contributed by atoms with Crippen LogP contribution in [-0.2, 0) is 20.0 Å². The molecule has 2 aliphatic heterocycles. The van der Waals surface area contributed by atoms with Gasteiger partial charge >= 0.3 is 0 Å². The number of benzene rings is 2. The molecule has 2 aliphatic rings. The molecular weight excluding hydrogens is 428 g/mol. The van der Waals surface area contributed by atoms with Gasteiger partial charge in [-0.15, -0.1) is 0 Å². The maximum Gasteiger partial charge on any atom is 0.229 e. The lowest BCUT2D eigenvalue weighted by molar-refractivity contribution is 0.0241. The molecule has 168 valence electrons. The highest BCUT2D eigenvalue weighted by molar-refractivity contribution is 7.91. The maximum atomic E-state index is 13.7. The Labute approximate surface area is 187 Å². The number of sulfone groups is 1. The average molecular weight is 461 g/mol. The first-order valence-electron chi connectivity index (χ1n) is 10.7. The van der Waals surface area contributed by atoms with Crippen LogP contribution in [0.5, 0.6) is 11.5 Å². The predicted molar refractivity (Wildman–Crippen MR) is 123 cm³/mol. The molecule has 5 nitrogen and oxygen atoms in total. The molecule has 1 fully saturated rings. The summed E-state index contributed by atoms with van der Waals surface area (Å²) in [5.74, 6) is 1.12. The van der Waals surface area contributed by atoms with E-state index in [2.05, 4.69) is 20.8 Å². The molecule has 1 saturated heterocycles. The highest BCUT2D eigenvalue weighted by Crippen LogP contribution is 2.62. The van der Waals surface area contributed by atoms with E-state index in [-0.39, 0.29) is 21.3 Å². The molecule has 0 saturated carbocycles. The van der Waals surface area contributed by atoms with Crippen LogP contribution >= 0.6 is 0 Å². The Balaban J connectivity index is 1.80. The summed E-state index contributed by atoms with van der Waals surface area (Å²) in [6.07, 6.45) is -0.163. The van der Waals surface area contributed by atoms with Crippen LogP contribution in [0.3, 0.4) is 0 Å². The summed E-state index contributed by atoms with van der Waals surface area (Å²) < 4.78 is 45.5. The normalized spacial score (nSPS) is 24.2. The van der Waals surface area contributed by atoms with Crippen molar-refractivity contribution in [1.29, 1.82) is 0 Å². The number of ether oxygens (including phenoxy) is 2. The Hall–Kier alpha value is -1.83. The van der Waals surface area contributed by atoms with Crippen molar-refractivity contribution in [3.05, 3.63) is 47.5 Å². The summed E-state index contributed by atoms with van der Waals surface area (Å²) >= 11 is 0. The van der Waals surface area contributed by atoms with E-state index in [0.717, 1.165) is 11.1 Å². The van der Waals surface area contributed by atoms with E-state index in [0.29, 0.717) is 11.5 Å². The van der Waals surface area contributed by atoms with Gasteiger partial charge in [-0.25, -0.2) is 8.42 Å². The van der Waals surface area contributed by atoms with E-state index in [4.69, 9.17) is 13.9 Å². The third-order valence-electron chi connectivity index (χ3n) is 6.40. The van der Waals surface area contributed by atoms with Crippen molar-refractivity contribution in [2.24, 2.45) is 0 Å². The third kappa shape index (κ3) is 3.60. The Morgan fingerprint density at radius 2 is 1.71 bits per heavy atom. The molecule has 7 heteroatoms. The quantitative estimate of drug-likeness (QED) is 0.465. The first kappa shape index (κ1) is 22.4. The standard InChI is InChI=1S/C24H32O5SSi/c1-22(2,3)15-9-12-20(19(13-15)29-31(7)8)30(25,26)16-10-11-18-17(14-16)21-24(6,28-21)23(4,5)27-18/h9-14,21,31H,1-8H3/t21-,24-/m0/s1. The molecule has 4 rings (SSSR count). The van der Waals surface area contributed by atoms with Crippen molar-refractivity contribution in [2.45, 2.75) is 87.1 Å². The summed E-state index contributed by atoms with van der Waals surface area (Å²) in [5.41, 5.74) is 0.794. The zero-order valence-corrected chi connectivity index (χ0v) is 21.5. The highest BCUT2D eigenvalue weighted by atomic mass is 32.2. The van der Waals surface area contributed by atoms with Gasteiger partial charge in [0.1, 0.15) is 33.7 Å². The van der Waals surface area contributed by atoms with E-state index in [1.54, 1.807) is 24.3 Å². The topological polar surface area (TPSA) is 65.1 Å². The van der Waals surface area contributed by atoms with Gasteiger partial charge in [-0.05, 0) is 75.2 Å². The molecule has 0 aromatic heterocycles. The van der Waals surface area contributed by atoms with Crippen LogP contribution in [0.25, 0.3) is 0 Å². The van der Waals surface area contributed by atoms with E-state index in [1.807, 2.05) is 46.0 Å². The molecule has 0 N–H and O–H groups in total. The third-order valence-corrected chi connectivity index (χ3v) is 8.92. The average Bonchev–Trinajstić information content (AvgIpc) is 3.34. The second kappa shape index (κ2) is 6.83. The molecule has 2 heterocycles. The van der Waals surface area contributed by atoms with Crippen molar-refractivity contribution < 1.29 is 22.3 Å². The van der Waals surface area contributed by atoms with Gasteiger partial charge in [0.05, 0.1) is 4.90 Å². The van der Waals surface area contributed by atoms with Gasteiger partial charge in [-0.2, -0.15) is 0 Å². The van der Waals surface area contributed by atoms with Crippen LogP contribution in [0, 0.1) is 0 Å². The second-order valence-corrected chi connectivity index (χ2v) is 14.7. The Kier molecular flexibility index (Phi) is 4.93. The van der Waals surface area contributed by atoms with Crippen LogP contribution in [0.4, 0.5) is 0 Å². The summed E-state index contributed by atoms with van der Waals surface area (Å²) in [6.45, 7) is 16.4. The van der Waals surface area contributed by atoms with Gasteiger partial charge in [0.25, 0.3) is 0 Å².